The van der Waals surface area contributed by atoms with Crippen LogP contribution in [0.4, 0.5) is 0 Å². The highest BCUT2D eigenvalue weighted by Gasteiger charge is 2.29. The first-order valence-corrected chi connectivity index (χ1v) is 6.74. The van der Waals surface area contributed by atoms with Crippen molar-refractivity contribution in [3.63, 3.8) is 0 Å². The van der Waals surface area contributed by atoms with Crippen LogP contribution in [0, 0.1) is 0 Å². The highest BCUT2D eigenvalue weighted by molar-refractivity contribution is 5.67. The highest BCUT2D eigenvalue weighted by Crippen LogP contribution is 2.20. The standard InChI is InChI=1S/C13H25NO3/c1-3-5-6-11(4-2)14-7-8-17-10-12(14)9-13(15)16/h11-12H,3-10H2,1-2H3,(H,15,16). The van der Waals surface area contributed by atoms with Gasteiger partial charge in [-0.3, -0.25) is 9.69 Å². The van der Waals surface area contributed by atoms with Crippen LogP contribution in [0.15, 0.2) is 0 Å². The Kier molecular flexibility index (Phi) is 6.52. The van der Waals surface area contributed by atoms with Gasteiger partial charge in [-0.15, -0.1) is 0 Å². The molecule has 1 aliphatic rings. The first-order valence-electron chi connectivity index (χ1n) is 6.74. The van der Waals surface area contributed by atoms with E-state index in [-0.39, 0.29) is 12.5 Å². The van der Waals surface area contributed by atoms with E-state index in [1.807, 2.05) is 0 Å². The molecule has 2 atom stereocenters. The summed E-state index contributed by atoms with van der Waals surface area (Å²) < 4.78 is 5.41. The largest absolute Gasteiger partial charge is 0.481 e. The van der Waals surface area contributed by atoms with E-state index in [0.717, 1.165) is 19.6 Å². The van der Waals surface area contributed by atoms with Crippen LogP contribution in [0.3, 0.4) is 0 Å². The van der Waals surface area contributed by atoms with Gasteiger partial charge < -0.3 is 9.84 Å². The summed E-state index contributed by atoms with van der Waals surface area (Å²) in [6.45, 7) is 6.56. The van der Waals surface area contributed by atoms with Gasteiger partial charge in [-0.1, -0.05) is 26.7 Å². The maximum absolute atomic E-state index is 10.9. The van der Waals surface area contributed by atoms with Crippen LogP contribution >= 0.6 is 0 Å². The molecule has 17 heavy (non-hydrogen) atoms. The number of nitrogens with zero attached hydrogens (tertiary/aromatic N) is 1. The van der Waals surface area contributed by atoms with Gasteiger partial charge in [0.1, 0.15) is 0 Å². The molecule has 0 saturated carbocycles. The van der Waals surface area contributed by atoms with E-state index in [9.17, 15) is 4.79 Å². The van der Waals surface area contributed by atoms with E-state index in [2.05, 4.69) is 18.7 Å². The summed E-state index contributed by atoms with van der Waals surface area (Å²) in [6.07, 6.45) is 4.88. The second kappa shape index (κ2) is 7.67. The molecule has 1 rings (SSSR count). The smallest absolute Gasteiger partial charge is 0.305 e. The van der Waals surface area contributed by atoms with Crippen molar-refractivity contribution in [1.29, 1.82) is 0 Å². The molecule has 0 spiro atoms. The van der Waals surface area contributed by atoms with E-state index in [4.69, 9.17) is 9.84 Å². The minimum atomic E-state index is -0.726. The Hall–Kier alpha value is -0.610. The van der Waals surface area contributed by atoms with Gasteiger partial charge in [0.05, 0.1) is 19.6 Å². The maximum atomic E-state index is 10.9. The van der Waals surface area contributed by atoms with Gasteiger partial charge in [-0.25, -0.2) is 0 Å². The van der Waals surface area contributed by atoms with Crippen molar-refractivity contribution in [2.24, 2.45) is 0 Å². The van der Waals surface area contributed by atoms with Crippen molar-refractivity contribution in [3.8, 4) is 0 Å². The fourth-order valence-electron chi connectivity index (χ4n) is 2.57. The van der Waals surface area contributed by atoms with Crippen LogP contribution in [0.5, 0.6) is 0 Å². The first-order chi connectivity index (χ1) is 8.19. The molecule has 1 aliphatic heterocycles. The molecule has 0 amide bonds. The van der Waals surface area contributed by atoms with Crippen LogP contribution in [0.25, 0.3) is 0 Å². The Morgan fingerprint density at radius 1 is 1.53 bits per heavy atom. The topological polar surface area (TPSA) is 49.8 Å². The fraction of sp³-hybridized carbons (Fsp3) is 0.923. The van der Waals surface area contributed by atoms with Crippen LogP contribution in [-0.2, 0) is 9.53 Å². The molecule has 1 N–H and O–H groups in total. The third kappa shape index (κ3) is 4.64. The van der Waals surface area contributed by atoms with E-state index < -0.39 is 5.97 Å². The molecular formula is C13H25NO3. The minimum Gasteiger partial charge on any atom is -0.481 e. The summed E-state index contributed by atoms with van der Waals surface area (Å²) in [7, 11) is 0. The summed E-state index contributed by atoms with van der Waals surface area (Å²) in [5, 5.41) is 8.93. The number of hydrogen-bond donors (Lipinski definition) is 1. The molecule has 4 nitrogen and oxygen atoms in total. The average molecular weight is 243 g/mol. The van der Waals surface area contributed by atoms with E-state index in [1.54, 1.807) is 0 Å². The molecule has 1 fully saturated rings. The Bertz CT molecular complexity index is 233. The van der Waals surface area contributed by atoms with Crippen LogP contribution in [0.2, 0.25) is 0 Å². The van der Waals surface area contributed by atoms with Crippen LogP contribution in [0.1, 0.15) is 46.0 Å². The maximum Gasteiger partial charge on any atom is 0.305 e. The molecule has 0 aromatic rings. The lowest BCUT2D eigenvalue weighted by atomic mass is 10.0. The quantitative estimate of drug-likeness (QED) is 0.744. The number of unbranched alkanes of at least 4 members (excludes halogenated alkanes) is 1. The van der Waals surface area contributed by atoms with Gasteiger partial charge in [0.15, 0.2) is 0 Å². The Balaban J connectivity index is 2.57. The minimum absolute atomic E-state index is 0.0584. The number of carboxylic acid groups (broad SMARTS) is 1. The number of carboxylic acids is 1. The third-order valence-electron chi connectivity index (χ3n) is 3.51. The lowest BCUT2D eigenvalue weighted by Gasteiger charge is -2.40. The second-order valence-corrected chi connectivity index (χ2v) is 4.77. The lowest BCUT2D eigenvalue weighted by Crippen LogP contribution is -2.51. The summed E-state index contributed by atoms with van der Waals surface area (Å²) in [5.74, 6) is -0.726. The Morgan fingerprint density at radius 2 is 2.29 bits per heavy atom. The number of hydrogen-bond acceptors (Lipinski definition) is 3. The lowest BCUT2D eigenvalue weighted by molar-refractivity contribution is -0.141. The van der Waals surface area contributed by atoms with Gasteiger partial charge in [0, 0.05) is 18.6 Å². The monoisotopic (exact) mass is 243 g/mol. The Morgan fingerprint density at radius 3 is 2.88 bits per heavy atom. The van der Waals surface area contributed by atoms with Crippen molar-refractivity contribution in [3.05, 3.63) is 0 Å². The third-order valence-corrected chi connectivity index (χ3v) is 3.51. The predicted molar refractivity (Wildman–Crippen MR) is 67.2 cm³/mol. The van der Waals surface area contributed by atoms with Crippen molar-refractivity contribution < 1.29 is 14.6 Å². The molecule has 0 aromatic carbocycles. The van der Waals surface area contributed by atoms with Crippen LogP contribution in [-0.4, -0.2) is 47.8 Å². The number of morpholine rings is 1. The SMILES string of the molecule is CCCCC(CC)N1CCOCC1CC(=O)O. The van der Waals surface area contributed by atoms with Crippen molar-refractivity contribution in [2.75, 3.05) is 19.8 Å². The molecule has 100 valence electrons. The molecular weight excluding hydrogens is 218 g/mol. The van der Waals surface area contributed by atoms with Crippen molar-refractivity contribution >= 4 is 5.97 Å². The number of rotatable bonds is 7. The van der Waals surface area contributed by atoms with Gasteiger partial charge >= 0.3 is 5.97 Å². The van der Waals surface area contributed by atoms with E-state index in [1.165, 1.54) is 19.3 Å². The van der Waals surface area contributed by atoms with Gasteiger partial charge in [0.2, 0.25) is 0 Å². The second-order valence-electron chi connectivity index (χ2n) is 4.77. The van der Waals surface area contributed by atoms with Crippen molar-refractivity contribution in [2.45, 2.75) is 58.0 Å². The Labute approximate surface area is 104 Å². The predicted octanol–water partition coefficient (Wildman–Crippen LogP) is 2.13. The zero-order valence-electron chi connectivity index (χ0n) is 11.0. The number of aliphatic carboxylic acids is 1. The van der Waals surface area contributed by atoms with E-state index >= 15 is 0 Å². The summed E-state index contributed by atoms with van der Waals surface area (Å²) in [6, 6.07) is 0.575. The zero-order valence-corrected chi connectivity index (χ0v) is 11.0. The van der Waals surface area contributed by atoms with Crippen molar-refractivity contribution in [1.82, 2.24) is 4.90 Å². The molecule has 0 aliphatic carbocycles. The fourth-order valence-corrected chi connectivity index (χ4v) is 2.57. The molecule has 1 saturated heterocycles. The van der Waals surface area contributed by atoms with E-state index in [0.29, 0.717) is 12.6 Å². The van der Waals surface area contributed by atoms with Gasteiger partial charge in [-0.2, -0.15) is 0 Å². The molecule has 0 bridgehead atoms. The number of carbonyl (C=O) groups is 1. The van der Waals surface area contributed by atoms with Gasteiger partial charge in [0.25, 0.3) is 0 Å². The summed E-state index contributed by atoms with van der Waals surface area (Å²) >= 11 is 0. The highest BCUT2D eigenvalue weighted by atomic mass is 16.5. The molecule has 4 heteroatoms. The average Bonchev–Trinajstić information content (AvgIpc) is 2.31. The van der Waals surface area contributed by atoms with Gasteiger partial charge in [-0.05, 0) is 12.8 Å². The normalized spacial score (nSPS) is 23.5. The van der Waals surface area contributed by atoms with Crippen LogP contribution < -0.4 is 0 Å². The summed E-state index contributed by atoms with van der Waals surface area (Å²) in [5.41, 5.74) is 0. The zero-order chi connectivity index (χ0) is 12.7. The molecule has 0 aromatic heterocycles. The molecule has 1 heterocycles. The number of ether oxygens (including phenoxy) is 1. The summed E-state index contributed by atoms with van der Waals surface area (Å²) in [4.78, 5) is 13.2. The first kappa shape index (κ1) is 14.5. The molecule has 2 unspecified atom stereocenters. The molecule has 0 radical (unpaired) electrons.